The number of nitrogen functional groups attached to an aromatic ring is 1. The lowest BCUT2D eigenvalue weighted by Crippen LogP contribution is -2.15. The van der Waals surface area contributed by atoms with Crippen molar-refractivity contribution < 1.29 is 4.74 Å². The van der Waals surface area contributed by atoms with E-state index in [4.69, 9.17) is 10.5 Å². The average Bonchev–Trinajstić information content (AvgIpc) is 2.15. The molecule has 14 heavy (non-hydrogen) atoms. The normalized spacial score (nSPS) is 10.5. The lowest BCUT2D eigenvalue weighted by Gasteiger charge is -2.09. The molecule has 0 spiro atoms. The molecule has 0 saturated heterocycles. The minimum absolute atomic E-state index is 0.408. The molecule has 0 fully saturated rings. The van der Waals surface area contributed by atoms with Crippen molar-refractivity contribution in [2.45, 2.75) is 6.42 Å². The van der Waals surface area contributed by atoms with Gasteiger partial charge < -0.3 is 15.4 Å². The lowest BCUT2D eigenvalue weighted by atomic mass is 10.4. The van der Waals surface area contributed by atoms with Crippen molar-refractivity contribution in [3.05, 3.63) is 12.1 Å². The van der Waals surface area contributed by atoms with E-state index in [1.807, 2.05) is 14.1 Å². The van der Waals surface area contributed by atoms with Gasteiger partial charge in [0.15, 0.2) is 0 Å². The Balaban J connectivity index is 2.21. The number of anilines is 1. The second kappa shape index (κ2) is 5.39. The monoisotopic (exact) mass is 196 g/mol. The van der Waals surface area contributed by atoms with E-state index in [9.17, 15) is 0 Å². The van der Waals surface area contributed by atoms with E-state index < -0.39 is 0 Å². The molecule has 5 heteroatoms. The van der Waals surface area contributed by atoms with Gasteiger partial charge in [0, 0.05) is 12.6 Å². The van der Waals surface area contributed by atoms with Gasteiger partial charge in [-0.1, -0.05) is 0 Å². The first-order valence-electron chi connectivity index (χ1n) is 4.55. The van der Waals surface area contributed by atoms with E-state index in [0.29, 0.717) is 18.3 Å². The summed E-state index contributed by atoms with van der Waals surface area (Å²) in [6.07, 6.45) is 0.971. The Morgan fingerprint density at radius 1 is 1.36 bits per heavy atom. The molecule has 0 aliphatic heterocycles. The van der Waals surface area contributed by atoms with Crippen molar-refractivity contribution in [1.29, 1.82) is 0 Å². The van der Waals surface area contributed by atoms with Crippen LogP contribution in [-0.2, 0) is 0 Å². The Bertz CT molecular complexity index is 260. The quantitative estimate of drug-likeness (QED) is 0.690. The molecule has 0 amide bonds. The fourth-order valence-electron chi connectivity index (χ4n) is 0.965. The zero-order chi connectivity index (χ0) is 10.4. The number of ether oxygens (including phenoxy) is 1. The maximum Gasteiger partial charge on any atom is 0.233 e. The Hall–Kier alpha value is -1.36. The van der Waals surface area contributed by atoms with Gasteiger partial charge in [-0.3, -0.25) is 0 Å². The summed E-state index contributed by atoms with van der Waals surface area (Å²) in [5, 5.41) is 7.47. The standard InChI is InChI=1S/C9H16N4O/c1-13(2)6-3-7-14-9-5-4-8(10)11-12-9/h4-5H,3,6-7H2,1-2H3,(H2,10,11). The van der Waals surface area contributed by atoms with Gasteiger partial charge in [0.1, 0.15) is 5.82 Å². The van der Waals surface area contributed by atoms with Crippen LogP contribution < -0.4 is 10.5 Å². The first-order chi connectivity index (χ1) is 6.68. The summed E-state index contributed by atoms with van der Waals surface area (Å²) in [5.74, 6) is 0.934. The zero-order valence-electron chi connectivity index (χ0n) is 8.60. The van der Waals surface area contributed by atoms with Gasteiger partial charge in [0.05, 0.1) is 6.61 Å². The number of nitrogens with zero attached hydrogens (tertiary/aromatic N) is 3. The maximum atomic E-state index is 5.39. The van der Waals surface area contributed by atoms with Gasteiger partial charge in [-0.2, -0.15) is 0 Å². The van der Waals surface area contributed by atoms with Crippen LogP contribution in [0.2, 0.25) is 0 Å². The minimum atomic E-state index is 0.408. The molecule has 1 aromatic heterocycles. The Labute approximate surface area is 83.9 Å². The van der Waals surface area contributed by atoms with E-state index in [2.05, 4.69) is 15.1 Å². The summed E-state index contributed by atoms with van der Waals surface area (Å²) < 4.78 is 5.36. The highest BCUT2D eigenvalue weighted by Crippen LogP contribution is 2.05. The number of aromatic nitrogens is 2. The van der Waals surface area contributed by atoms with Gasteiger partial charge in [-0.25, -0.2) is 0 Å². The summed E-state index contributed by atoms with van der Waals surface area (Å²) in [5.41, 5.74) is 5.39. The fourth-order valence-corrected chi connectivity index (χ4v) is 0.965. The molecule has 0 unspecified atom stereocenters. The molecular weight excluding hydrogens is 180 g/mol. The van der Waals surface area contributed by atoms with Crippen molar-refractivity contribution >= 4 is 5.82 Å². The van der Waals surface area contributed by atoms with Crippen LogP contribution >= 0.6 is 0 Å². The van der Waals surface area contributed by atoms with Gasteiger partial charge in [0.25, 0.3) is 0 Å². The summed E-state index contributed by atoms with van der Waals surface area (Å²) >= 11 is 0. The molecule has 0 radical (unpaired) electrons. The molecule has 0 aliphatic rings. The van der Waals surface area contributed by atoms with E-state index >= 15 is 0 Å². The molecule has 0 atom stereocenters. The summed E-state index contributed by atoms with van der Waals surface area (Å²) in [7, 11) is 4.06. The van der Waals surface area contributed by atoms with E-state index in [1.165, 1.54) is 0 Å². The van der Waals surface area contributed by atoms with Crippen molar-refractivity contribution in [2.24, 2.45) is 0 Å². The predicted molar refractivity (Wildman–Crippen MR) is 55.1 cm³/mol. The zero-order valence-corrected chi connectivity index (χ0v) is 8.60. The van der Waals surface area contributed by atoms with E-state index in [0.717, 1.165) is 13.0 Å². The second-order valence-corrected chi connectivity index (χ2v) is 3.30. The summed E-state index contributed by atoms with van der Waals surface area (Å²) in [6.45, 7) is 1.65. The van der Waals surface area contributed by atoms with Crippen LogP contribution in [0.25, 0.3) is 0 Å². The summed E-state index contributed by atoms with van der Waals surface area (Å²) in [4.78, 5) is 2.11. The molecule has 0 aromatic carbocycles. The predicted octanol–water partition coefficient (Wildman–Crippen LogP) is 0.389. The van der Waals surface area contributed by atoms with Crippen LogP contribution in [0, 0.1) is 0 Å². The smallest absolute Gasteiger partial charge is 0.233 e. The lowest BCUT2D eigenvalue weighted by molar-refractivity contribution is 0.271. The molecule has 1 rings (SSSR count). The highest BCUT2D eigenvalue weighted by molar-refractivity contribution is 5.27. The number of hydrogen-bond acceptors (Lipinski definition) is 5. The van der Waals surface area contributed by atoms with Crippen LogP contribution in [0.15, 0.2) is 12.1 Å². The van der Waals surface area contributed by atoms with Crippen molar-refractivity contribution in [2.75, 3.05) is 33.0 Å². The maximum absolute atomic E-state index is 5.39. The highest BCUT2D eigenvalue weighted by atomic mass is 16.5. The average molecular weight is 196 g/mol. The highest BCUT2D eigenvalue weighted by Gasteiger charge is 1.96. The van der Waals surface area contributed by atoms with E-state index in [1.54, 1.807) is 12.1 Å². The van der Waals surface area contributed by atoms with Gasteiger partial charge in [0.2, 0.25) is 5.88 Å². The third-order valence-corrected chi connectivity index (χ3v) is 1.66. The summed E-state index contributed by atoms with van der Waals surface area (Å²) in [6, 6.07) is 3.40. The Kier molecular flexibility index (Phi) is 4.12. The van der Waals surface area contributed by atoms with Crippen LogP contribution in [0.5, 0.6) is 5.88 Å². The molecule has 78 valence electrons. The first-order valence-corrected chi connectivity index (χ1v) is 4.55. The molecular formula is C9H16N4O. The number of nitrogens with two attached hydrogens (primary N) is 1. The van der Waals surface area contributed by atoms with Gasteiger partial charge in [-0.15, -0.1) is 10.2 Å². The molecule has 0 saturated carbocycles. The van der Waals surface area contributed by atoms with Crippen LogP contribution in [0.4, 0.5) is 5.82 Å². The second-order valence-electron chi connectivity index (χ2n) is 3.30. The van der Waals surface area contributed by atoms with Gasteiger partial charge >= 0.3 is 0 Å². The van der Waals surface area contributed by atoms with Crippen LogP contribution in [0.3, 0.4) is 0 Å². The van der Waals surface area contributed by atoms with Crippen molar-refractivity contribution in [3.63, 3.8) is 0 Å². The molecule has 1 aromatic rings. The van der Waals surface area contributed by atoms with Crippen LogP contribution in [-0.4, -0.2) is 42.3 Å². The first kappa shape index (κ1) is 10.7. The molecule has 5 nitrogen and oxygen atoms in total. The Morgan fingerprint density at radius 2 is 2.14 bits per heavy atom. The molecule has 0 bridgehead atoms. The number of rotatable bonds is 5. The van der Waals surface area contributed by atoms with Crippen molar-refractivity contribution in [1.82, 2.24) is 15.1 Å². The minimum Gasteiger partial charge on any atom is -0.477 e. The topological polar surface area (TPSA) is 64.3 Å². The SMILES string of the molecule is CN(C)CCCOc1ccc(N)nn1. The van der Waals surface area contributed by atoms with Crippen molar-refractivity contribution in [3.8, 4) is 5.88 Å². The number of hydrogen-bond donors (Lipinski definition) is 1. The Morgan fingerprint density at radius 3 is 2.71 bits per heavy atom. The third-order valence-electron chi connectivity index (χ3n) is 1.66. The fraction of sp³-hybridized carbons (Fsp3) is 0.556. The van der Waals surface area contributed by atoms with Gasteiger partial charge in [-0.05, 0) is 26.6 Å². The largest absolute Gasteiger partial charge is 0.477 e. The van der Waals surface area contributed by atoms with E-state index in [-0.39, 0.29) is 0 Å². The third kappa shape index (κ3) is 4.04. The molecule has 0 aliphatic carbocycles. The molecule has 1 heterocycles. The molecule has 2 N–H and O–H groups in total. The van der Waals surface area contributed by atoms with Crippen LogP contribution in [0.1, 0.15) is 6.42 Å².